The van der Waals surface area contributed by atoms with Crippen LogP contribution in [0.4, 0.5) is 13.2 Å². The zero-order valence-electron chi connectivity index (χ0n) is 15.4. The van der Waals surface area contributed by atoms with Gasteiger partial charge in [0.2, 0.25) is 5.88 Å². The number of ether oxygens (including phenoxy) is 1. The fourth-order valence-electron chi connectivity index (χ4n) is 3.20. The van der Waals surface area contributed by atoms with Gasteiger partial charge in [-0.05, 0) is 31.7 Å². The minimum atomic E-state index is -4.39. The number of hydrogen-bond donors (Lipinski definition) is 2. The Balaban J connectivity index is 1.34. The van der Waals surface area contributed by atoms with Crippen LogP contribution in [0.15, 0.2) is 23.3 Å². The maximum atomic E-state index is 12.5. The number of rotatable bonds is 6. The van der Waals surface area contributed by atoms with E-state index in [9.17, 15) is 13.2 Å². The number of likely N-dealkylation sites (tertiary alicyclic amines) is 1. The number of halogens is 3. The molecule has 0 radical (unpaired) electrons. The van der Waals surface area contributed by atoms with E-state index in [1.165, 1.54) is 18.9 Å². The first-order valence-corrected chi connectivity index (χ1v) is 9.33. The van der Waals surface area contributed by atoms with Crippen molar-refractivity contribution in [2.24, 2.45) is 4.99 Å². The van der Waals surface area contributed by atoms with E-state index >= 15 is 0 Å². The summed E-state index contributed by atoms with van der Waals surface area (Å²) in [5.41, 5.74) is -0.787. The Bertz CT molecular complexity index is 623. The van der Waals surface area contributed by atoms with Crippen molar-refractivity contribution in [3.63, 3.8) is 0 Å². The van der Waals surface area contributed by atoms with Crippen molar-refractivity contribution in [3.8, 4) is 5.88 Å². The average Bonchev–Trinajstić information content (AvgIpc) is 3.49. The van der Waals surface area contributed by atoms with Gasteiger partial charge in [-0.25, -0.2) is 4.98 Å². The van der Waals surface area contributed by atoms with Crippen LogP contribution in [0, 0.1) is 0 Å². The lowest BCUT2D eigenvalue weighted by Gasteiger charge is -2.33. The molecule has 1 aliphatic carbocycles. The quantitative estimate of drug-likeness (QED) is 0.447. The monoisotopic (exact) mass is 385 g/mol. The number of hydrogen-bond acceptors (Lipinski definition) is 4. The van der Waals surface area contributed by atoms with E-state index in [-0.39, 0.29) is 12.5 Å². The SMILES string of the molecule is CN=C(NCCOc1ccc(C(F)(F)F)cn1)NC1CCN(C2CC2)CC1. The summed E-state index contributed by atoms with van der Waals surface area (Å²) in [4.78, 5) is 10.5. The lowest BCUT2D eigenvalue weighted by atomic mass is 10.1. The first kappa shape index (κ1) is 19.7. The van der Waals surface area contributed by atoms with Crippen LogP contribution in [0.5, 0.6) is 5.88 Å². The van der Waals surface area contributed by atoms with Crippen molar-refractivity contribution in [2.75, 3.05) is 33.3 Å². The third-order valence-electron chi connectivity index (χ3n) is 4.87. The fourth-order valence-corrected chi connectivity index (χ4v) is 3.20. The van der Waals surface area contributed by atoms with E-state index in [2.05, 4.69) is 25.5 Å². The van der Waals surface area contributed by atoms with Crippen LogP contribution in [0.2, 0.25) is 0 Å². The van der Waals surface area contributed by atoms with Gasteiger partial charge < -0.3 is 20.3 Å². The molecule has 2 heterocycles. The van der Waals surface area contributed by atoms with Gasteiger partial charge in [0, 0.05) is 44.5 Å². The number of nitrogens with one attached hydrogen (secondary N) is 2. The van der Waals surface area contributed by atoms with Crippen molar-refractivity contribution in [2.45, 2.75) is 43.9 Å². The summed E-state index contributed by atoms with van der Waals surface area (Å²) in [5, 5.41) is 6.59. The molecule has 3 rings (SSSR count). The zero-order valence-corrected chi connectivity index (χ0v) is 15.4. The number of nitrogens with zero attached hydrogens (tertiary/aromatic N) is 3. The maximum absolute atomic E-state index is 12.5. The van der Waals surface area contributed by atoms with Crippen LogP contribution in [0.1, 0.15) is 31.2 Å². The maximum Gasteiger partial charge on any atom is 0.417 e. The molecule has 0 bridgehead atoms. The molecule has 150 valence electrons. The highest BCUT2D eigenvalue weighted by Crippen LogP contribution is 2.30. The molecule has 0 unspecified atom stereocenters. The topological polar surface area (TPSA) is 61.8 Å². The van der Waals surface area contributed by atoms with Gasteiger partial charge in [-0.1, -0.05) is 0 Å². The van der Waals surface area contributed by atoms with E-state index in [1.807, 2.05) is 0 Å². The third kappa shape index (κ3) is 5.98. The van der Waals surface area contributed by atoms with Gasteiger partial charge in [0.05, 0.1) is 12.1 Å². The number of piperidine rings is 1. The summed E-state index contributed by atoms with van der Waals surface area (Å²) in [7, 11) is 1.72. The van der Waals surface area contributed by atoms with Crippen LogP contribution < -0.4 is 15.4 Å². The van der Waals surface area contributed by atoms with E-state index in [1.54, 1.807) is 7.05 Å². The summed E-state index contributed by atoms with van der Waals surface area (Å²) < 4.78 is 42.9. The van der Waals surface area contributed by atoms with Gasteiger partial charge in [0.15, 0.2) is 5.96 Å². The molecule has 0 atom stereocenters. The predicted molar refractivity (Wildman–Crippen MR) is 96.8 cm³/mol. The Morgan fingerprint density at radius 3 is 2.56 bits per heavy atom. The van der Waals surface area contributed by atoms with Crippen molar-refractivity contribution in [3.05, 3.63) is 23.9 Å². The van der Waals surface area contributed by atoms with Gasteiger partial charge >= 0.3 is 6.18 Å². The number of alkyl halides is 3. The molecule has 0 spiro atoms. The second kappa shape index (κ2) is 8.77. The van der Waals surface area contributed by atoms with Gasteiger partial charge in [0.1, 0.15) is 6.61 Å². The molecule has 1 saturated carbocycles. The Kier molecular flexibility index (Phi) is 6.41. The summed E-state index contributed by atoms with van der Waals surface area (Å²) in [6, 6.07) is 3.41. The standard InChI is InChI=1S/C18H26F3N5O/c1-22-17(25-14-6-9-26(10-7-14)15-3-4-15)23-8-11-27-16-5-2-13(12-24-16)18(19,20)21/h2,5,12,14-15H,3-4,6-11H2,1H3,(H2,22,23,25). The summed E-state index contributed by atoms with van der Waals surface area (Å²) >= 11 is 0. The summed E-state index contributed by atoms with van der Waals surface area (Å²) in [5.74, 6) is 0.879. The highest BCUT2D eigenvalue weighted by atomic mass is 19.4. The third-order valence-corrected chi connectivity index (χ3v) is 4.87. The average molecular weight is 385 g/mol. The van der Waals surface area contributed by atoms with Crippen molar-refractivity contribution in [1.29, 1.82) is 0 Å². The molecular formula is C18H26F3N5O. The molecule has 27 heavy (non-hydrogen) atoms. The molecule has 1 aliphatic heterocycles. The number of aromatic nitrogens is 1. The molecule has 1 aromatic rings. The molecule has 1 saturated heterocycles. The van der Waals surface area contributed by atoms with E-state index in [0.29, 0.717) is 18.5 Å². The lowest BCUT2D eigenvalue weighted by molar-refractivity contribution is -0.137. The normalized spacial score (nSPS) is 19.8. The van der Waals surface area contributed by atoms with Gasteiger partial charge in [-0.3, -0.25) is 4.99 Å². The van der Waals surface area contributed by atoms with E-state index in [0.717, 1.165) is 44.2 Å². The molecule has 1 aromatic heterocycles. The molecule has 0 aromatic carbocycles. The zero-order chi connectivity index (χ0) is 19.3. The summed E-state index contributed by atoms with van der Waals surface area (Å²) in [6.07, 6.45) is 1.27. The Morgan fingerprint density at radius 2 is 2.00 bits per heavy atom. The van der Waals surface area contributed by atoms with Crippen molar-refractivity contribution >= 4 is 5.96 Å². The minimum absolute atomic E-state index is 0.167. The van der Waals surface area contributed by atoms with Gasteiger partial charge in [-0.15, -0.1) is 0 Å². The first-order chi connectivity index (χ1) is 13.0. The smallest absolute Gasteiger partial charge is 0.417 e. The number of aliphatic imine (C=N–C) groups is 1. The van der Waals surface area contributed by atoms with E-state index < -0.39 is 11.7 Å². The predicted octanol–water partition coefficient (Wildman–Crippen LogP) is 2.27. The van der Waals surface area contributed by atoms with Crippen LogP contribution in [0.25, 0.3) is 0 Å². The second-order valence-corrected chi connectivity index (χ2v) is 6.92. The molecule has 2 fully saturated rings. The summed E-state index contributed by atoms with van der Waals surface area (Å²) in [6.45, 7) is 3.01. The first-order valence-electron chi connectivity index (χ1n) is 9.33. The van der Waals surface area contributed by atoms with Crippen molar-refractivity contribution < 1.29 is 17.9 Å². The Labute approximate surface area is 157 Å². The van der Waals surface area contributed by atoms with E-state index in [4.69, 9.17) is 4.74 Å². The largest absolute Gasteiger partial charge is 0.476 e. The molecular weight excluding hydrogens is 359 g/mol. The van der Waals surface area contributed by atoms with Crippen LogP contribution in [-0.2, 0) is 6.18 Å². The molecule has 6 nitrogen and oxygen atoms in total. The number of pyridine rings is 1. The lowest BCUT2D eigenvalue weighted by Crippen LogP contribution is -2.49. The molecule has 9 heteroatoms. The second-order valence-electron chi connectivity index (χ2n) is 6.92. The van der Waals surface area contributed by atoms with Crippen LogP contribution in [0.3, 0.4) is 0 Å². The highest BCUT2D eigenvalue weighted by Gasteiger charge is 2.32. The molecule has 0 amide bonds. The van der Waals surface area contributed by atoms with Crippen molar-refractivity contribution in [1.82, 2.24) is 20.5 Å². The van der Waals surface area contributed by atoms with Gasteiger partial charge in [0.25, 0.3) is 0 Å². The fraction of sp³-hybridized carbons (Fsp3) is 0.667. The Morgan fingerprint density at radius 1 is 1.26 bits per heavy atom. The minimum Gasteiger partial charge on any atom is -0.476 e. The Hall–Kier alpha value is -2.03. The number of guanidine groups is 1. The highest BCUT2D eigenvalue weighted by molar-refractivity contribution is 5.79. The van der Waals surface area contributed by atoms with Crippen LogP contribution in [-0.4, -0.2) is 61.2 Å². The molecule has 2 N–H and O–H groups in total. The molecule has 2 aliphatic rings. The van der Waals surface area contributed by atoms with Gasteiger partial charge in [-0.2, -0.15) is 13.2 Å². The van der Waals surface area contributed by atoms with Crippen LogP contribution >= 0.6 is 0 Å².